The molecule has 1 N–H and O–H groups in total. The number of H-pyrrole nitrogens is 1. The monoisotopic (exact) mass is 304 g/mol. The molecule has 0 atom stereocenters. The van der Waals surface area contributed by atoms with Crippen LogP contribution in [-0.2, 0) is 0 Å². The standard InChI is InChI=1S/C10H7BrF2N2S/c1-5-4-15(10(16)14-5)9-7(11)2-6(12)3-8(9)13/h2-4H,1H3,(H,14,16). The van der Waals surface area contributed by atoms with E-state index in [9.17, 15) is 8.78 Å². The summed E-state index contributed by atoms with van der Waals surface area (Å²) in [4.78, 5) is 2.87. The van der Waals surface area contributed by atoms with E-state index in [0.29, 0.717) is 9.24 Å². The minimum absolute atomic E-state index is 0.204. The number of aryl methyl sites for hydroxylation is 1. The Bertz CT molecular complexity index is 580. The first kappa shape index (κ1) is 11.5. The van der Waals surface area contributed by atoms with Crippen LogP contribution in [0, 0.1) is 23.3 Å². The third kappa shape index (κ3) is 1.94. The summed E-state index contributed by atoms with van der Waals surface area (Å²) in [6.45, 7) is 1.81. The number of aromatic nitrogens is 2. The normalized spacial score (nSPS) is 10.8. The van der Waals surface area contributed by atoms with E-state index in [0.717, 1.165) is 11.8 Å². The smallest absolute Gasteiger partial charge is 0.182 e. The lowest BCUT2D eigenvalue weighted by molar-refractivity contribution is 0.575. The van der Waals surface area contributed by atoms with E-state index < -0.39 is 11.6 Å². The molecule has 0 saturated carbocycles. The van der Waals surface area contributed by atoms with Gasteiger partial charge in [-0.1, -0.05) is 0 Å². The van der Waals surface area contributed by atoms with Crippen molar-refractivity contribution in [3.63, 3.8) is 0 Å². The lowest BCUT2D eigenvalue weighted by Gasteiger charge is -2.06. The molecule has 0 radical (unpaired) electrons. The number of nitrogens with zero attached hydrogens (tertiary/aromatic N) is 1. The van der Waals surface area contributed by atoms with E-state index in [-0.39, 0.29) is 5.69 Å². The van der Waals surface area contributed by atoms with Gasteiger partial charge in [-0.25, -0.2) is 8.78 Å². The van der Waals surface area contributed by atoms with Gasteiger partial charge in [0.2, 0.25) is 0 Å². The molecular weight excluding hydrogens is 298 g/mol. The zero-order chi connectivity index (χ0) is 11.9. The van der Waals surface area contributed by atoms with Gasteiger partial charge in [0.1, 0.15) is 5.82 Å². The van der Waals surface area contributed by atoms with Crippen LogP contribution in [0.4, 0.5) is 8.78 Å². The molecule has 0 amide bonds. The van der Waals surface area contributed by atoms with Gasteiger partial charge in [0.05, 0.1) is 5.69 Å². The molecule has 0 unspecified atom stereocenters. The highest BCUT2D eigenvalue weighted by Crippen LogP contribution is 2.26. The summed E-state index contributed by atoms with van der Waals surface area (Å²) >= 11 is 8.15. The molecule has 1 aromatic heterocycles. The Kier molecular flexibility index (Phi) is 2.94. The zero-order valence-electron chi connectivity index (χ0n) is 8.22. The summed E-state index contributed by atoms with van der Waals surface area (Å²) in [7, 11) is 0. The highest BCUT2D eigenvalue weighted by molar-refractivity contribution is 9.10. The molecule has 0 spiro atoms. The summed E-state index contributed by atoms with van der Waals surface area (Å²) in [6, 6.07) is 2.02. The Hall–Kier alpha value is -1.01. The lowest BCUT2D eigenvalue weighted by Crippen LogP contribution is -1.99. The highest BCUT2D eigenvalue weighted by Gasteiger charge is 2.12. The number of imidazole rings is 1. The van der Waals surface area contributed by atoms with Gasteiger partial charge in [-0.2, -0.15) is 0 Å². The van der Waals surface area contributed by atoms with E-state index in [1.165, 1.54) is 10.6 Å². The molecule has 6 heteroatoms. The van der Waals surface area contributed by atoms with Crippen LogP contribution in [0.25, 0.3) is 5.69 Å². The van der Waals surface area contributed by atoms with Crippen LogP contribution in [0.2, 0.25) is 0 Å². The van der Waals surface area contributed by atoms with Gasteiger partial charge in [-0.3, -0.25) is 4.57 Å². The first-order chi connectivity index (χ1) is 7.49. The van der Waals surface area contributed by atoms with Crippen molar-refractivity contribution in [1.82, 2.24) is 9.55 Å². The van der Waals surface area contributed by atoms with E-state index in [1.54, 1.807) is 6.20 Å². The van der Waals surface area contributed by atoms with Crippen molar-refractivity contribution in [2.45, 2.75) is 6.92 Å². The number of hydrogen-bond donors (Lipinski definition) is 1. The molecule has 2 nitrogen and oxygen atoms in total. The quantitative estimate of drug-likeness (QED) is 0.793. The second kappa shape index (κ2) is 4.10. The first-order valence-electron chi connectivity index (χ1n) is 4.42. The fraction of sp³-hybridized carbons (Fsp3) is 0.100. The van der Waals surface area contributed by atoms with Crippen LogP contribution in [0.5, 0.6) is 0 Å². The van der Waals surface area contributed by atoms with Gasteiger partial charge in [0.15, 0.2) is 10.6 Å². The Morgan fingerprint density at radius 2 is 2.06 bits per heavy atom. The minimum atomic E-state index is -0.665. The van der Waals surface area contributed by atoms with E-state index in [2.05, 4.69) is 20.9 Å². The molecule has 0 saturated heterocycles. The maximum absolute atomic E-state index is 13.6. The highest BCUT2D eigenvalue weighted by atomic mass is 79.9. The molecule has 2 aromatic rings. The Morgan fingerprint density at radius 3 is 2.56 bits per heavy atom. The van der Waals surface area contributed by atoms with Gasteiger partial charge >= 0.3 is 0 Å². The largest absolute Gasteiger partial charge is 0.335 e. The van der Waals surface area contributed by atoms with Crippen molar-refractivity contribution < 1.29 is 8.78 Å². The Balaban J connectivity index is 2.74. The SMILES string of the molecule is Cc1cn(-c2c(F)cc(F)cc2Br)c(=S)[nH]1. The molecule has 0 aliphatic heterocycles. The van der Waals surface area contributed by atoms with E-state index in [1.807, 2.05) is 6.92 Å². The van der Waals surface area contributed by atoms with Crippen LogP contribution in [0.15, 0.2) is 22.8 Å². The van der Waals surface area contributed by atoms with Crippen molar-refractivity contribution in [2.24, 2.45) is 0 Å². The average molecular weight is 305 g/mol. The second-order valence-electron chi connectivity index (χ2n) is 3.33. The molecular formula is C10H7BrF2N2S. The van der Waals surface area contributed by atoms with Gasteiger partial charge in [-0.05, 0) is 41.1 Å². The number of rotatable bonds is 1. The zero-order valence-corrected chi connectivity index (χ0v) is 10.6. The van der Waals surface area contributed by atoms with Crippen LogP contribution >= 0.6 is 28.1 Å². The number of halogens is 3. The molecule has 0 aliphatic carbocycles. The summed E-state index contributed by atoms with van der Waals surface area (Å²) in [6.07, 6.45) is 1.66. The number of nitrogens with one attached hydrogen (secondary N) is 1. The molecule has 2 rings (SSSR count). The number of hydrogen-bond acceptors (Lipinski definition) is 1. The minimum Gasteiger partial charge on any atom is -0.335 e. The van der Waals surface area contributed by atoms with Gasteiger partial charge in [0, 0.05) is 22.4 Å². The van der Waals surface area contributed by atoms with Crippen molar-refractivity contribution in [3.05, 3.63) is 44.9 Å². The van der Waals surface area contributed by atoms with E-state index >= 15 is 0 Å². The summed E-state index contributed by atoms with van der Waals surface area (Å²) in [5.74, 6) is -1.30. The lowest BCUT2D eigenvalue weighted by atomic mass is 10.3. The maximum Gasteiger partial charge on any atom is 0.182 e. The van der Waals surface area contributed by atoms with Crippen molar-refractivity contribution in [1.29, 1.82) is 0 Å². The summed E-state index contributed by atoms with van der Waals surface area (Å²) < 4.78 is 28.7. The van der Waals surface area contributed by atoms with Crippen LogP contribution in [0.1, 0.15) is 5.69 Å². The predicted octanol–water partition coefficient (Wildman–Crippen LogP) is 3.88. The van der Waals surface area contributed by atoms with Crippen molar-refractivity contribution in [2.75, 3.05) is 0 Å². The third-order valence-corrected chi connectivity index (χ3v) is 2.97. The number of benzene rings is 1. The topological polar surface area (TPSA) is 20.7 Å². The molecule has 16 heavy (non-hydrogen) atoms. The fourth-order valence-electron chi connectivity index (χ4n) is 1.44. The Morgan fingerprint density at radius 1 is 1.38 bits per heavy atom. The van der Waals surface area contributed by atoms with E-state index in [4.69, 9.17) is 12.2 Å². The van der Waals surface area contributed by atoms with Gasteiger partial charge < -0.3 is 4.98 Å². The third-order valence-electron chi connectivity index (χ3n) is 2.07. The van der Waals surface area contributed by atoms with Gasteiger partial charge in [0.25, 0.3) is 0 Å². The van der Waals surface area contributed by atoms with Crippen LogP contribution < -0.4 is 0 Å². The summed E-state index contributed by atoms with van der Waals surface area (Å²) in [5.41, 5.74) is 1.01. The molecule has 0 bridgehead atoms. The van der Waals surface area contributed by atoms with Crippen molar-refractivity contribution in [3.8, 4) is 5.69 Å². The fourth-order valence-corrected chi connectivity index (χ4v) is 2.35. The second-order valence-corrected chi connectivity index (χ2v) is 4.57. The Labute approximate surface area is 104 Å². The van der Waals surface area contributed by atoms with Crippen LogP contribution in [-0.4, -0.2) is 9.55 Å². The summed E-state index contributed by atoms with van der Waals surface area (Å²) in [5, 5.41) is 0. The number of aromatic amines is 1. The predicted molar refractivity (Wildman–Crippen MR) is 63.3 cm³/mol. The molecule has 0 fully saturated rings. The molecule has 84 valence electrons. The first-order valence-corrected chi connectivity index (χ1v) is 5.62. The van der Waals surface area contributed by atoms with Crippen LogP contribution in [0.3, 0.4) is 0 Å². The molecule has 1 heterocycles. The molecule has 1 aromatic carbocycles. The van der Waals surface area contributed by atoms with Gasteiger partial charge in [-0.15, -0.1) is 0 Å². The average Bonchev–Trinajstić information content (AvgIpc) is 2.43. The van der Waals surface area contributed by atoms with Crippen molar-refractivity contribution >= 4 is 28.1 Å². The molecule has 0 aliphatic rings. The maximum atomic E-state index is 13.6.